The highest BCUT2D eigenvalue weighted by Gasteiger charge is 2.35. The van der Waals surface area contributed by atoms with Gasteiger partial charge in [-0.05, 0) is 25.5 Å². The van der Waals surface area contributed by atoms with Crippen LogP contribution in [0.3, 0.4) is 0 Å². The molecule has 26 heavy (non-hydrogen) atoms. The molecular formula is C14H17F3N3O5P. The summed E-state index contributed by atoms with van der Waals surface area (Å²) in [6.07, 6.45) is -3.94. The SMILES string of the molecule is CCC(C)OP(C)(=O)O.Nc1cc2c(cc1C(F)(F)F)n1c(=O)c(=O)n21. The van der Waals surface area contributed by atoms with Gasteiger partial charge in [-0.3, -0.25) is 14.2 Å². The second-order valence-corrected chi connectivity index (χ2v) is 7.60. The van der Waals surface area contributed by atoms with Crippen molar-refractivity contribution >= 4 is 24.3 Å². The minimum absolute atomic E-state index is 0.0520. The molecule has 0 aliphatic carbocycles. The highest BCUT2D eigenvalue weighted by Crippen LogP contribution is 2.38. The van der Waals surface area contributed by atoms with Gasteiger partial charge in [0.15, 0.2) is 0 Å². The van der Waals surface area contributed by atoms with Crippen LogP contribution in [0.5, 0.6) is 0 Å². The smallest absolute Gasteiger partial charge is 0.398 e. The van der Waals surface area contributed by atoms with Crippen LogP contribution in [0, 0.1) is 0 Å². The van der Waals surface area contributed by atoms with E-state index in [0.717, 1.165) is 27.6 Å². The molecule has 8 nitrogen and oxygen atoms in total. The molecule has 1 aromatic carbocycles. The third kappa shape index (κ3) is 3.69. The lowest BCUT2D eigenvalue weighted by Gasteiger charge is -2.19. The quantitative estimate of drug-likeness (QED) is 0.398. The fourth-order valence-electron chi connectivity index (χ4n) is 2.29. The number of hydrogen-bond acceptors (Lipinski definition) is 5. The maximum absolute atomic E-state index is 12.5. The Morgan fingerprint density at radius 1 is 1.23 bits per heavy atom. The van der Waals surface area contributed by atoms with Gasteiger partial charge in [0.2, 0.25) is 0 Å². The number of alkyl halides is 3. The lowest BCUT2D eigenvalue weighted by Crippen LogP contribution is -2.51. The predicted octanol–water partition coefficient (Wildman–Crippen LogP) is 2.01. The van der Waals surface area contributed by atoms with Crippen molar-refractivity contribution < 1.29 is 27.2 Å². The van der Waals surface area contributed by atoms with Crippen LogP contribution >= 0.6 is 7.60 Å². The first-order chi connectivity index (χ1) is 11.8. The van der Waals surface area contributed by atoms with Crippen LogP contribution in [0.25, 0.3) is 11.0 Å². The van der Waals surface area contributed by atoms with Gasteiger partial charge in [0.1, 0.15) is 0 Å². The van der Waals surface area contributed by atoms with E-state index in [1.165, 1.54) is 6.66 Å². The molecule has 0 bridgehead atoms. The molecule has 3 aromatic rings. The van der Waals surface area contributed by atoms with Gasteiger partial charge in [-0.25, -0.2) is 9.03 Å². The standard InChI is InChI=1S/C9H4F3N3O2.C5H13O3P/c10-9(11,12)3-1-5-6(2-4(3)13)15-8(17)7(16)14(5)15;1-4-5(2)8-9(3,6)7/h1-2H,13H2;5H,4H2,1-3H3,(H,6,7). The minimum Gasteiger partial charge on any atom is -0.398 e. The summed E-state index contributed by atoms with van der Waals surface area (Å²) in [5.74, 6) is 0. The van der Waals surface area contributed by atoms with Crippen LogP contribution in [-0.4, -0.2) is 26.7 Å². The lowest BCUT2D eigenvalue weighted by molar-refractivity contribution is -0.136. The van der Waals surface area contributed by atoms with E-state index in [-0.39, 0.29) is 17.1 Å². The Labute approximate surface area is 144 Å². The van der Waals surface area contributed by atoms with E-state index in [4.69, 9.17) is 15.2 Å². The molecule has 144 valence electrons. The van der Waals surface area contributed by atoms with Gasteiger partial charge >= 0.3 is 24.9 Å². The maximum atomic E-state index is 12.5. The van der Waals surface area contributed by atoms with Gasteiger partial charge in [0.05, 0.1) is 22.7 Å². The first kappa shape index (κ1) is 20.2. The Kier molecular flexibility index (Phi) is 5.10. The van der Waals surface area contributed by atoms with Crippen LogP contribution in [0.1, 0.15) is 25.8 Å². The number of rotatable bonds is 3. The average molecular weight is 395 g/mol. The highest BCUT2D eigenvalue weighted by molar-refractivity contribution is 7.51. The second-order valence-electron chi connectivity index (χ2n) is 5.79. The molecule has 2 unspecified atom stereocenters. The van der Waals surface area contributed by atoms with E-state index < -0.39 is 36.1 Å². The molecule has 0 spiro atoms. The number of nitrogens with two attached hydrogens (primary N) is 1. The topological polar surface area (TPSA) is 116 Å². The Bertz CT molecular complexity index is 1070. The van der Waals surface area contributed by atoms with Crippen LogP contribution in [0.2, 0.25) is 0 Å². The second kappa shape index (κ2) is 6.57. The molecule has 0 saturated heterocycles. The van der Waals surface area contributed by atoms with E-state index in [0.29, 0.717) is 0 Å². The Morgan fingerprint density at radius 2 is 1.69 bits per heavy atom. The number of fused-ring (bicyclic) bond motifs is 4. The molecular weight excluding hydrogens is 378 g/mol. The zero-order chi connectivity index (χ0) is 20.0. The summed E-state index contributed by atoms with van der Waals surface area (Å²) in [5.41, 5.74) is 2.45. The predicted molar refractivity (Wildman–Crippen MR) is 89.3 cm³/mol. The first-order valence-corrected chi connectivity index (χ1v) is 9.48. The van der Waals surface area contributed by atoms with Crippen molar-refractivity contribution in [2.45, 2.75) is 32.5 Å². The van der Waals surface area contributed by atoms with Gasteiger partial charge < -0.3 is 15.2 Å². The summed E-state index contributed by atoms with van der Waals surface area (Å²) in [7, 11) is -3.24. The van der Waals surface area contributed by atoms with Crippen LogP contribution in [0.4, 0.5) is 18.9 Å². The van der Waals surface area contributed by atoms with E-state index >= 15 is 0 Å². The summed E-state index contributed by atoms with van der Waals surface area (Å²) < 4.78 is 54.7. The molecule has 3 rings (SSSR count). The van der Waals surface area contributed by atoms with E-state index in [2.05, 4.69) is 0 Å². The number of nitrogens with zero attached hydrogens (tertiary/aromatic N) is 2. The summed E-state index contributed by atoms with van der Waals surface area (Å²) >= 11 is 0. The van der Waals surface area contributed by atoms with E-state index in [1.54, 1.807) is 6.92 Å². The molecule has 0 saturated carbocycles. The van der Waals surface area contributed by atoms with Crippen molar-refractivity contribution in [2.75, 3.05) is 12.4 Å². The summed E-state index contributed by atoms with van der Waals surface area (Å²) in [5, 5.41) is 0. The van der Waals surface area contributed by atoms with Crippen LogP contribution in [-0.2, 0) is 15.3 Å². The van der Waals surface area contributed by atoms with Gasteiger partial charge in [-0.15, -0.1) is 0 Å². The largest absolute Gasteiger partial charge is 0.418 e. The number of nitrogen functional groups attached to an aromatic ring is 1. The number of halogens is 3. The van der Waals surface area contributed by atoms with Crippen molar-refractivity contribution in [3.05, 3.63) is 38.4 Å². The zero-order valence-corrected chi connectivity index (χ0v) is 15.0. The van der Waals surface area contributed by atoms with E-state index in [1.807, 2.05) is 6.92 Å². The number of hydrogen-bond donors (Lipinski definition) is 2. The van der Waals surface area contributed by atoms with Crippen molar-refractivity contribution in [3.8, 4) is 0 Å². The fraction of sp³-hybridized carbons (Fsp3) is 0.429. The molecule has 0 radical (unpaired) electrons. The fourth-order valence-corrected chi connectivity index (χ4v) is 3.11. The molecule has 3 N–H and O–H groups in total. The molecule has 0 aliphatic rings. The minimum atomic E-state index is -4.59. The van der Waals surface area contributed by atoms with Crippen LogP contribution < -0.4 is 16.9 Å². The normalized spacial score (nSPS) is 15.8. The van der Waals surface area contributed by atoms with Gasteiger partial charge in [-0.2, -0.15) is 13.2 Å². The van der Waals surface area contributed by atoms with Crippen molar-refractivity contribution in [1.82, 2.24) is 9.03 Å². The molecule has 0 amide bonds. The Morgan fingerprint density at radius 3 is 2.04 bits per heavy atom. The third-order valence-electron chi connectivity index (χ3n) is 3.63. The molecule has 0 aliphatic heterocycles. The van der Waals surface area contributed by atoms with Crippen LogP contribution in [0.15, 0.2) is 21.7 Å². The first-order valence-electron chi connectivity index (χ1n) is 7.45. The number of anilines is 1. The van der Waals surface area contributed by atoms with Crippen molar-refractivity contribution in [2.24, 2.45) is 0 Å². The molecule has 2 atom stereocenters. The van der Waals surface area contributed by atoms with Gasteiger partial charge in [0.25, 0.3) is 0 Å². The van der Waals surface area contributed by atoms with Gasteiger partial charge in [0, 0.05) is 12.4 Å². The monoisotopic (exact) mass is 395 g/mol. The zero-order valence-electron chi connectivity index (χ0n) is 14.1. The summed E-state index contributed by atoms with van der Waals surface area (Å²) in [6.45, 7) is 4.87. The summed E-state index contributed by atoms with van der Waals surface area (Å²) in [6, 6.07) is 1.81. The number of benzene rings is 1. The third-order valence-corrected chi connectivity index (χ3v) is 4.38. The lowest BCUT2D eigenvalue weighted by atomic mass is 10.1. The Hall–Kier alpha value is -2.10. The molecule has 2 aromatic heterocycles. The number of aromatic nitrogens is 2. The van der Waals surface area contributed by atoms with Crippen molar-refractivity contribution in [1.29, 1.82) is 0 Å². The maximum Gasteiger partial charge on any atom is 0.418 e. The molecule has 0 fully saturated rings. The Balaban J connectivity index is 0.000000232. The van der Waals surface area contributed by atoms with Gasteiger partial charge in [-0.1, -0.05) is 6.92 Å². The summed E-state index contributed by atoms with van der Waals surface area (Å²) in [4.78, 5) is 30.8. The van der Waals surface area contributed by atoms with Crippen molar-refractivity contribution in [3.63, 3.8) is 0 Å². The molecule has 12 heteroatoms. The average Bonchev–Trinajstić information content (AvgIpc) is 2.47. The van der Waals surface area contributed by atoms with E-state index in [9.17, 15) is 27.3 Å². The molecule has 2 heterocycles. The highest BCUT2D eigenvalue weighted by atomic mass is 31.2.